The van der Waals surface area contributed by atoms with Gasteiger partial charge in [0.2, 0.25) is 5.88 Å². The molecule has 7 nitrogen and oxygen atoms in total. The van der Waals surface area contributed by atoms with Crippen LogP contribution in [0.5, 0.6) is 0 Å². The second kappa shape index (κ2) is 8.85. The summed E-state index contributed by atoms with van der Waals surface area (Å²) in [6.45, 7) is 2.98. The molecule has 0 radical (unpaired) electrons. The van der Waals surface area contributed by atoms with Gasteiger partial charge in [-0.2, -0.15) is 13.2 Å². The van der Waals surface area contributed by atoms with E-state index in [1.165, 1.54) is 12.1 Å². The molecular formula is C17H23F3N4O3. The lowest BCUT2D eigenvalue weighted by Crippen LogP contribution is -2.39. The van der Waals surface area contributed by atoms with Gasteiger partial charge in [0.05, 0.1) is 12.2 Å². The number of rotatable bonds is 6. The minimum absolute atomic E-state index is 0.149. The third-order valence-corrected chi connectivity index (χ3v) is 4.17. The van der Waals surface area contributed by atoms with Crippen molar-refractivity contribution >= 4 is 11.7 Å². The van der Waals surface area contributed by atoms with E-state index in [1.54, 1.807) is 6.92 Å². The molecule has 27 heavy (non-hydrogen) atoms. The van der Waals surface area contributed by atoms with E-state index >= 15 is 0 Å². The topological polar surface area (TPSA) is 103 Å². The zero-order chi connectivity index (χ0) is 20.0. The van der Waals surface area contributed by atoms with Crippen molar-refractivity contribution in [3.05, 3.63) is 41.4 Å². The van der Waals surface area contributed by atoms with Crippen molar-refractivity contribution in [1.29, 1.82) is 0 Å². The number of carbonyl (C=O) groups is 1. The fourth-order valence-corrected chi connectivity index (χ4v) is 2.77. The molecule has 0 unspecified atom stereocenters. The molecule has 2 rings (SSSR count). The number of nitrogens with two attached hydrogens (primary N) is 2. The molecule has 1 saturated heterocycles. The van der Waals surface area contributed by atoms with Gasteiger partial charge in [0.25, 0.3) is 0 Å². The SMILES string of the molecule is CCOC(=O)/C(NN)=C(/N)OC1CCN(c2ccc(C(F)(F)F)cc2)CC1. The van der Waals surface area contributed by atoms with Crippen LogP contribution in [0.1, 0.15) is 25.3 Å². The lowest BCUT2D eigenvalue weighted by molar-refractivity contribution is -0.139. The predicted octanol–water partition coefficient (Wildman–Crippen LogP) is 1.84. The van der Waals surface area contributed by atoms with Crippen molar-refractivity contribution in [2.75, 3.05) is 24.6 Å². The first kappa shape index (κ1) is 20.7. The number of piperidine rings is 1. The third-order valence-electron chi connectivity index (χ3n) is 4.17. The van der Waals surface area contributed by atoms with Gasteiger partial charge >= 0.3 is 12.1 Å². The second-order valence-corrected chi connectivity index (χ2v) is 5.95. The van der Waals surface area contributed by atoms with E-state index in [4.69, 9.17) is 21.1 Å². The van der Waals surface area contributed by atoms with Gasteiger partial charge < -0.3 is 25.5 Å². The highest BCUT2D eigenvalue weighted by molar-refractivity contribution is 5.88. The largest absolute Gasteiger partial charge is 0.474 e. The van der Waals surface area contributed by atoms with Crippen molar-refractivity contribution in [2.24, 2.45) is 11.6 Å². The zero-order valence-corrected chi connectivity index (χ0v) is 14.9. The molecule has 0 bridgehead atoms. The molecule has 5 N–H and O–H groups in total. The van der Waals surface area contributed by atoms with Crippen LogP contribution in [0.2, 0.25) is 0 Å². The molecule has 0 aliphatic carbocycles. The van der Waals surface area contributed by atoms with Crippen LogP contribution in [0.4, 0.5) is 18.9 Å². The Balaban J connectivity index is 1.94. The number of ether oxygens (including phenoxy) is 2. The minimum atomic E-state index is -4.35. The Labute approximate surface area is 155 Å². The Bertz CT molecular complexity index is 669. The van der Waals surface area contributed by atoms with E-state index in [0.29, 0.717) is 31.6 Å². The number of hydrogen-bond acceptors (Lipinski definition) is 7. The molecule has 0 spiro atoms. The number of anilines is 1. The maximum Gasteiger partial charge on any atom is 0.416 e. The van der Waals surface area contributed by atoms with Gasteiger partial charge in [-0.15, -0.1) is 0 Å². The molecule has 1 aliphatic rings. The van der Waals surface area contributed by atoms with Gasteiger partial charge in [0.15, 0.2) is 5.70 Å². The number of esters is 1. The number of benzene rings is 1. The summed E-state index contributed by atoms with van der Waals surface area (Å²) in [5, 5.41) is 0. The molecule has 0 atom stereocenters. The van der Waals surface area contributed by atoms with Crippen molar-refractivity contribution in [2.45, 2.75) is 32.0 Å². The number of nitrogens with one attached hydrogen (secondary N) is 1. The van der Waals surface area contributed by atoms with E-state index in [9.17, 15) is 18.0 Å². The zero-order valence-electron chi connectivity index (χ0n) is 14.9. The van der Waals surface area contributed by atoms with Crippen LogP contribution in [0.15, 0.2) is 35.8 Å². The quantitative estimate of drug-likeness (QED) is 0.225. The van der Waals surface area contributed by atoms with Crippen molar-refractivity contribution in [1.82, 2.24) is 5.43 Å². The van der Waals surface area contributed by atoms with Gasteiger partial charge in [-0.3, -0.25) is 5.84 Å². The first-order valence-electron chi connectivity index (χ1n) is 8.48. The highest BCUT2D eigenvalue weighted by Gasteiger charge is 2.30. The molecule has 1 heterocycles. The number of carbonyl (C=O) groups excluding carboxylic acids is 1. The first-order chi connectivity index (χ1) is 12.8. The van der Waals surface area contributed by atoms with Crippen LogP contribution in [0.25, 0.3) is 0 Å². The summed E-state index contributed by atoms with van der Waals surface area (Å²) in [6.07, 6.45) is -3.42. The molecule has 1 aromatic carbocycles. The maximum atomic E-state index is 12.6. The Morgan fingerprint density at radius 2 is 1.85 bits per heavy atom. The van der Waals surface area contributed by atoms with Crippen LogP contribution < -0.4 is 21.9 Å². The summed E-state index contributed by atoms with van der Waals surface area (Å²) in [5.41, 5.74) is 7.85. The fourth-order valence-electron chi connectivity index (χ4n) is 2.77. The summed E-state index contributed by atoms with van der Waals surface area (Å²) < 4.78 is 48.3. The van der Waals surface area contributed by atoms with Crippen molar-refractivity contribution in [3.63, 3.8) is 0 Å². The Morgan fingerprint density at radius 1 is 1.26 bits per heavy atom. The molecule has 1 fully saturated rings. The first-order valence-corrected chi connectivity index (χ1v) is 8.48. The lowest BCUT2D eigenvalue weighted by atomic mass is 10.1. The van der Waals surface area contributed by atoms with Crippen molar-refractivity contribution in [3.8, 4) is 0 Å². The molecule has 0 saturated carbocycles. The predicted molar refractivity (Wildman–Crippen MR) is 92.9 cm³/mol. The van der Waals surface area contributed by atoms with Crippen LogP contribution in [-0.2, 0) is 20.4 Å². The normalized spacial score (nSPS) is 16.6. The number of nitrogens with zero attached hydrogens (tertiary/aromatic N) is 1. The van der Waals surface area contributed by atoms with Gasteiger partial charge in [-0.05, 0) is 31.2 Å². The molecule has 1 aliphatic heterocycles. The lowest BCUT2D eigenvalue weighted by Gasteiger charge is -2.34. The Kier molecular flexibility index (Phi) is 6.78. The molecule has 150 valence electrons. The Hall–Kier alpha value is -2.62. The number of hydrogen-bond donors (Lipinski definition) is 3. The van der Waals surface area contributed by atoms with E-state index in [1.807, 2.05) is 4.90 Å². The minimum Gasteiger partial charge on any atom is -0.474 e. The molecule has 1 aromatic rings. The molecule has 0 amide bonds. The highest BCUT2D eigenvalue weighted by atomic mass is 19.4. The van der Waals surface area contributed by atoms with Gasteiger partial charge in [-0.1, -0.05) is 0 Å². The molecule has 0 aromatic heterocycles. The van der Waals surface area contributed by atoms with E-state index in [-0.39, 0.29) is 24.3 Å². The average Bonchev–Trinajstić information content (AvgIpc) is 2.62. The molecule has 10 heteroatoms. The summed E-state index contributed by atoms with van der Waals surface area (Å²) in [4.78, 5) is 13.7. The highest BCUT2D eigenvalue weighted by Crippen LogP contribution is 2.31. The maximum absolute atomic E-state index is 12.6. The second-order valence-electron chi connectivity index (χ2n) is 5.95. The smallest absolute Gasteiger partial charge is 0.416 e. The summed E-state index contributed by atoms with van der Waals surface area (Å²) >= 11 is 0. The van der Waals surface area contributed by atoms with Gasteiger partial charge in [0.1, 0.15) is 6.10 Å². The van der Waals surface area contributed by atoms with E-state index in [0.717, 1.165) is 12.1 Å². The van der Waals surface area contributed by atoms with Crippen molar-refractivity contribution < 1.29 is 27.4 Å². The monoisotopic (exact) mass is 388 g/mol. The van der Waals surface area contributed by atoms with Crippen LogP contribution >= 0.6 is 0 Å². The third kappa shape index (κ3) is 5.43. The average molecular weight is 388 g/mol. The standard InChI is InChI=1S/C17H23F3N4O3/c1-2-26-16(25)14(23-22)15(21)27-13-7-9-24(10-8-13)12-5-3-11(4-6-12)17(18,19)20/h3-6,13,23H,2,7-10,21-22H2,1H3/b15-14+. The summed E-state index contributed by atoms with van der Waals surface area (Å²) in [5.74, 6) is 4.44. The fraction of sp³-hybridized carbons (Fsp3) is 0.471. The summed E-state index contributed by atoms with van der Waals surface area (Å²) in [7, 11) is 0. The number of hydrazine groups is 1. The van der Waals surface area contributed by atoms with Gasteiger partial charge in [-0.25, -0.2) is 4.79 Å². The van der Waals surface area contributed by atoms with Crippen LogP contribution in [0.3, 0.4) is 0 Å². The summed E-state index contributed by atoms with van der Waals surface area (Å²) in [6, 6.07) is 5.04. The van der Waals surface area contributed by atoms with E-state index < -0.39 is 17.7 Å². The van der Waals surface area contributed by atoms with Gasteiger partial charge in [0, 0.05) is 31.6 Å². The van der Waals surface area contributed by atoms with Crippen LogP contribution in [0, 0.1) is 0 Å². The molecular weight excluding hydrogens is 365 g/mol. The van der Waals surface area contributed by atoms with Crippen LogP contribution in [-0.4, -0.2) is 31.8 Å². The van der Waals surface area contributed by atoms with E-state index in [2.05, 4.69) is 5.43 Å². The number of alkyl halides is 3. The Morgan fingerprint density at radius 3 is 2.33 bits per heavy atom. The number of halogens is 3.